The monoisotopic (exact) mass is 430 g/mol. The van der Waals surface area contributed by atoms with Crippen molar-refractivity contribution >= 4 is 21.6 Å². The Morgan fingerprint density at radius 2 is 2.30 bits per heavy atom. The molecule has 0 spiro atoms. The van der Waals surface area contributed by atoms with Gasteiger partial charge in [0.25, 0.3) is 5.91 Å². The molecule has 0 radical (unpaired) electrons. The Kier molecular flexibility index (Phi) is 5.98. The highest BCUT2D eigenvalue weighted by molar-refractivity contribution is 7.89. The van der Waals surface area contributed by atoms with Crippen molar-refractivity contribution in [2.45, 2.75) is 30.4 Å². The van der Waals surface area contributed by atoms with E-state index in [4.69, 9.17) is 4.74 Å². The fourth-order valence-corrected chi connectivity index (χ4v) is 4.62. The summed E-state index contributed by atoms with van der Waals surface area (Å²) in [6.07, 6.45) is 1.91. The molecule has 1 aliphatic heterocycles. The first kappa shape index (κ1) is 21.6. The highest BCUT2D eigenvalue weighted by Crippen LogP contribution is 2.33. The van der Waals surface area contributed by atoms with Gasteiger partial charge in [-0.1, -0.05) is 12.1 Å². The molecule has 1 aliphatic rings. The van der Waals surface area contributed by atoms with Crippen LogP contribution in [-0.2, 0) is 17.1 Å². The number of amides is 1. The van der Waals surface area contributed by atoms with E-state index < -0.39 is 28.1 Å². The Morgan fingerprint density at radius 3 is 2.97 bits per heavy atom. The minimum absolute atomic E-state index is 0.00770. The minimum atomic E-state index is -4.03. The molecule has 2 atom stereocenters. The number of benzene rings is 1. The zero-order valence-corrected chi connectivity index (χ0v) is 17.4. The lowest BCUT2D eigenvalue weighted by Crippen LogP contribution is -2.45. The van der Waals surface area contributed by atoms with Crippen LogP contribution in [-0.4, -0.2) is 42.8 Å². The van der Waals surface area contributed by atoms with Crippen LogP contribution in [0.5, 0.6) is 5.75 Å². The summed E-state index contributed by atoms with van der Waals surface area (Å²) in [6.45, 7) is 5.16. The Hall–Kier alpha value is -3.13. The number of fused-ring (bicyclic) bond motifs is 1. The lowest BCUT2D eigenvalue weighted by atomic mass is 10.1. The molecule has 30 heavy (non-hydrogen) atoms. The number of hydrogen-bond donors (Lipinski definition) is 3. The molecule has 1 amide bonds. The summed E-state index contributed by atoms with van der Waals surface area (Å²) in [6, 6.07) is 6.05. The van der Waals surface area contributed by atoms with Crippen molar-refractivity contribution in [2.75, 3.05) is 11.9 Å². The molecule has 10 heteroatoms. The van der Waals surface area contributed by atoms with E-state index in [1.165, 1.54) is 30.0 Å². The lowest BCUT2D eigenvalue weighted by molar-refractivity contribution is 0.0999. The highest BCUT2D eigenvalue weighted by Gasteiger charge is 2.36. The van der Waals surface area contributed by atoms with Crippen LogP contribution in [0.4, 0.5) is 5.69 Å². The third-order valence-electron chi connectivity index (χ3n) is 4.81. The van der Waals surface area contributed by atoms with E-state index in [1.807, 2.05) is 0 Å². The maximum atomic E-state index is 12.9. The lowest BCUT2D eigenvalue weighted by Gasteiger charge is -2.20. The number of sulfonamides is 1. The Labute approximate surface area is 174 Å². The summed E-state index contributed by atoms with van der Waals surface area (Å²) in [7, 11) is -2.50. The standard InChI is InChI=1S/C20H22N4O5S/c1-4-5-16(25)15-11-29-19-17(30(27,28)23-15)10-24(3)18(19)20(26)22-14-7-6-12(2)13(8-14)9-21/h4,6-8,10,15-16,23,25H,1,5,11H2,2-3H3,(H,22,26). The molecule has 3 N–H and O–H groups in total. The van der Waals surface area contributed by atoms with E-state index in [2.05, 4.69) is 22.7 Å². The van der Waals surface area contributed by atoms with E-state index >= 15 is 0 Å². The number of aryl methyl sites for hydroxylation is 2. The number of nitriles is 1. The van der Waals surface area contributed by atoms with Gasteiger partial charge in [-0.3, -0.25) is 4.79 Å². The molecule has 2 aromatic rings. The zero-order valence-electron chi connectivity index (χ0n) is 16.5. The fourth-order valence-electron chi connectivity index (χ4n) is 3.18. The van der Waals surface area contributed by atoms with Crippen LogP contribution in [0.3, 0.4) is 0 Å². The highest BCUT2D eigenvalue weighted by atomic mass is 32.2. The van der Waals surface area contributed by atoms with E-state index in [9.17, 15) is 23.6 Å². The summed E-state index contributed by atoms with van der Waals surface area (Å²) in [4.78, 5) is 12.7. The SMILES string of the molecule is C=CCC(O)C1COc2c(cn(C)c2C(=O)Nc2ccc(C)c(C#N)c2)S(=O)(=O)N1. The smallest absolute Gasteiger partial charge is 0.276 e. The van der Waals surface area contributed by atoms with Gasteiger partial charge in [-0.2, -0.15) is 5.26 Å². The van der Waals surface area contributed by atoms with Gasteiger partial charge in [0.15, 0.2) is 11.4 Å². The number of carbonyl (C=O) groups is 1. The van der Waals surface area contributed by atoms with Crippen LogP contribution >= 0.6 is 0 Å². The predicted molar refractivity (Wildman–Crippen MR) is 110 cm³/mol. The molecule has 9 nitrogen and oxygen atoms in total. The first-order valence-electron chi connectivity index (χ1n) is 9.13. The zero-order chi connectivity index (χ0) is 22.1. The first-order valence-corrected chi connectivity index (χ1v) is 10.6. The Morgan fingerprint density at radius 1 is 1.57 bits per heavy atom. The molecule has 1 aromatic heterocycles. The van der Waals surface area contributed by atoms with Gasteiger partial charge in [0, 0.05) is 18.9 Å². The average Bonchev–Trinajstić information content (AvgIpc) is 2.97. The van der Waals surface area contributed by atoms with Crippen LogP contribution in [0, 0.1) is 18.3 Å². The van der Waals surface area contributed by atoms with Crippen LogP contribution < -0.4 is 14.8 Å². The quantitative estimate of drug-likeness (QED) is 0.615. The first-order chi connectivity index (χ1) is 14.2. The fraction of sp³-hybridized carbons (Fsp3) is 0.300. The van der Waals surface area contributed by atoms with Crippen LogP contribution in [0.25, 0.3) is 0 Å². The normalized spacial score (nSPS) is 18.3. The molecule has 0 saturated heterocycles. The number of nitrogens with zero attached hydrogens (tertiary/aromatic N) is 2. The second-order valence-electron chi connectivity index (χ2n) is 7.01. The molecular formula is C20H22N4O5S. The third-order valence-corrected chi connectivity index (χ3v) is 6.29. The van der Waals surface area contributed by atoms with Gasteiger partial charge < -0.3 is 19.7 Å². The number of ether oxygens (including phenoxy) is 1. The van der Waals surface area contributed by atoms with E-state index in [0.29, 0.717) is 11.3 Å². The second-order valence-corrected chi connectivity index (χ2v) is 8.69. The van der Waals surface area contributed by atoms with Crippen LogP contribution in [0.1, 0.15) is 28.0 Å². The van der Waals surface area contributed by atoms with Gasteiger partial charge in [-0.15, -0.1) is 6.58 Å². The largest absolute Gasteiger partial charge is 0.488 e. The van der Waals surface area contributed by atoms with E-state index in [0.717, 1.165) is 5.56 Å². The predicted octanol–water partition coefficient (Wildman–Crippen LogP) is 1.43. The van der Waals surface area contributed by atoms with Crippen molar-refractivity contribution in [1.29, 1.82) is 5.26 Å². The van der Waals surface area contributed by atoms with Gasteiger partial charge >= 0.3 is 0 Å². The topological polar surface area (TPSA) is 133 Å². The molecule has 2 heterocycles. The number of nitrogens with one attached hydrogen (secondary N) is 2. The number of anilines is 1. The van der Waals surface area contributed by atoms with Gasteiger partial charge in [0.05, 0.1) is 23.8 Å². The summed E-state index contributed by atoms with van der Waals surface area (Å²) >= 11 is 0. The second kappa shape index (κ2) is 8.31. The van der Waals surface area contributed by atoms with Crippen molar-refractivity contribution in [2.24, 2.45) is 7.05 Å². The van der Waals surface area contributed by atoms with Crippen molar-refractivity contribution in [3.8, 4) is 11.8 Å². The number of rotatable bonds is 5. The Bertz CT molecular complexity index is 1150. The van der Waals surface area contributed by atoms with Crippen molar-refractivity contribution < 1.29 is 23.1 Å². The summed E-state index contributed by atoms with van der Waals surface area (Å²) in [5.74, 6) is -0.685. The number of aliphatic hydroxyl groups excluding tert-OH is 1. The van der Waals surface area contributed by atoms with Crippen LogP contribution in [0.15, 0.2) is 41.9 Å². The van der Waals surface area contributed by atoms with E-state index in [1.54, 1.807) is 19.1 Å². The van der Waals surface area contributed by atoms with Gasteiger partial charge in [-0.25, -0.2) is 13.1 Å². The Balaban J connectivity index is 1.94. The number of hydrogen-bond acceptors (Lipinski definition) is 6. The van der Waals surface area contributed by atoms with Gasteiger partial charge in [0.1, 0.15) is 11.5 Å². The van der Waals surface area contributed by atoms with Crippen LogP contribution in [0.2, 0.25) is 0 Å². The van der Waals surface area contributed by atoms with Crippen molar-refractivity contribution in [1.82, 2.24) is 9.29 Å². The molecule has 1 aromatic carbocycles. The van der Waals surface area contributed by atoms with Crippen molar-refractivity contribution in [3.05, 3.63) is 53.9 Å². The number of aromatic nitrogens is 1. The molecule has 2 unspecified atom stereocenters. The minimum Gasteiger partial charge on any atom is -0.488 e. The number of carbonyl (C=O) groups excluding carboxylic acids is 1. The van der Waals surface area contributed by atoms with Gasteiger partial charge in [0.2, 0.25) is 10.0 Å². The molecule has 0 saturated carbocycles. The molecule has 3 rings (SSSR count). The summed E-state index contributed by atoms with van der Waals surface area (Å²) < 4.78 is 35.0. The molecular weight excluding hydrogens is 408 g/mol. The van der Waals surface area contributed by atoms with E-state index in [-0.39, 0.29) is 29.4 Å². The maximum absolute atomic E-state index is 12.9. The average molecular weight is 430 g/mol. The summed E-state index contributed by atoms with van der Waals surface area (Å²) in [5, 5.41) is 22.0. The third kappa shape index (κ3) is 4.09. The number of aliphatic hydroxyl groups is 1. The van der Waals surface area contributed by atoms with Gasteiger partial charge in [-0.05, 0) is 31.0 Å². The molecule has 0 aliphatic carbocycles. The summed E-state index contributed by atoms with van der Waals surface area (Å²) in [5.41, 5.74) is 1.59. The molecule has 0 fully saturated rings. The van der Waals surface area contributed by atoms with Crippen molar-refractivity contribution in [3.63, 3.8) is 0 Å². The molecule has 158 valence electrons. The molecule has 0 bridgehead atoms. The maximum Gasteiger partial charge on any atom is 0.276 e.